The summed E-state index contributed by atoms with van der Waals surface area (Å²) in [6, 6.07) is 1.90. The minimum Gasteiger partial charge on any atom is -0.383 e. The number of imidazole rings is 1. The Hall–Kier alpha value is -1.70. The number of fused-ring (bicyclic) bond motifs is 1. The van der Waals surface area contributed by atoms with Gasteiger partial charge < -0.3 is 10.1 Å². The molecule has 100 valence electrons. The van der Waals surface area contributed by atoms with E-state index in [-0.39, 0.29) is 0 Å². The van der Waals surface area contributed by atoms with Gasteiger partial charge in [0.05, 0.1) is 12.3 Å². The lowest BCUT2D eigenvalue weighted by atomic mass is 10.4. The van der Waals surface area contributed by atoms with Crippen molar-refractivity contribution in [3.8, 4) is 5.82 Å². The number of hydrogen-bond acceptors (Lipinski definition) is 5. The topological polar surface area (TPSA) is 56.4 Å². The van der Waals surface area contributed by atoms with Crippen molar-refractivity contribution in [1.82, 2.24) is 24.5 Å². The highest BCUT2D eigenvalue weighted by Gasteiger charge is 2.14. The van der Waals surface area contributed by atoms with Crippen LogP contribution in [0.15, 0.2) is 30.0 Å². The van der Waals surface area contributed by atoms with E-state index in [1.807, 2.05) is 23.8 Å². The summed E-state index contributed by atoms with van der Waals surface area (Å²) in [5, 5.41) is 9.65. The number of hydrogen-bond donors (Lipinski definition) is 1. The van der Waals surface area contributed by atoms with E-state index in [9.17, 15) is 0 Å². The molecule has 3 heterocycles. The van der Waals surface area contributed by atoms with Crippen LogP contribution < -0.4 is 5.32 Å². The van der Waals surface area contributed by atoms with Gasteiger partial charge in [-0.25, -0.2) is 4.68 Å². The first-order valence-electron chi connectivity index (χ1n) is 6.04. The van der Waals surface area contributed by atoms with E-state index < -0.39 is 0 Å². The van der Waals surface area contributed by atoms with E-state index in [0.29, 0.717) is 6.61 Å². The Morgan fingerprint density at radius 2 is 2.37 bits per heavy atom. The second kappa shape index (κ2) is 5.52. The summed E-state index contributed by atoms with van der Waals surface area (Å²) in [6.45, 7) is 2.24. The van der Waals surface area contributed by atoms with Crippen molar-refractivity contribution in [1.29, 1.82) is 0 Å². The number of methoxy groups -OCH3 is 1. The van der Waals surface area contributed by atoms with Crippen molar-refractivity contribution in [3.05, 3.63) is 35.7 Å². The van der Waals surface area contributed by atoms with Gasteiger partial charge in [0.2, 0.25) is 0 Å². The van der Waals surface area contributed by atoms with Crippen molar-refractivity contribution in [2.45, 2.75) is 6.54 Å². The number of thiazole rings is 1. The first kappa shape index (κ1) is 12.3. The second-order valence-electron chi connectivity index (χ2n) is 4.06. The molecule has 19 heavy (non-hydrogen) atoms. The molecule has 0 unspecified atom stereocenters. The molecule has 0 aromatic carbocycles. The third-order valence-corrected chi connectivity index (χ3v) is 3.59. The van der Waals surface area contributed by atoms with Gasteiger partial charge in [-0.05, 0) is 6.07 Å². The third-order valence-electron chi connectivity index (χ3n) is 2.84. The van der Waals surface area contributed by atoms with Crippen LogP contribution in [0.1, 0.15) is 5.69 Å². The van der Waals surface area contributed by atoms with Gasteiger partial charge in [-0.15, -0.1) is 11.3 Å². The minimum absolute atomic E-state index is 0.697. The second-order valence-corrected chi connectivity index (χ2v) is 4.93. The van der Waals surface area contributed by atoms with E-state index in [1.54, 1.807) is 29.3 Å². The molecule has 0 bridgehead atoms. The lowest BCUT2D eigenvalue weighted by molar-refractivity contribution is 0.199. The third kappa shape index (κ3) is 2.40. The van der Waals surface area contributed by atoms with Crippen molar-refractivity contribution >= 4 is 16.3 Å². The summed E-state index contributed by atoms with van der Waals surface area (Å²) in [5.74, 6) is 0.877. The zero-order valence-electron chi connectivity index (χ0n) is 10.6. The van der Waals surface area contributed by atoms with E-state index in [4.69, 9.17) is 4.74 Å². The Balaban J connectivity index is 1.90. The van der Waals surface area contributed by atoms with Crippen LogP contribution in [0.3, 0.4) is 0 Å². The number of nitrogens with one attached hydrogen (secondary N) is 1. The van der Waals surface area contributed by atoms with Gasteiger partial charge in [-0.1, -0.05) is 0 Å². The molecule has 6 nitrogen and oxygen atoms in total. The van der Waals surface area contributed by atoms with Crippen LogP contribution in [0.4, 0.5) is 0 Å². The van der Waals surface area contributed by atoms with Crippen LogP contribution in [0.5, 0.6) is 0 Å². The molecule has 7 heteroatoms. The maximum absolute atomic E-state index is 5.04. The van der Waals surface area contributed by atoms with Crippen molar-refractivity contribution < 1.29 is 4.74 Å². The molecule has 0 radical (unpaired) electrons. The normalized spacial score (nSPS) is 11.4. The van der Waals surface area contributed by atoms with E-state index in [0.717, 1.165) is 29.6 Å². The summed E-state index contributed by atoms with van der Waals surface area (Å²) in [7, 11) is 1.70. The van der Waals surface area contributed by atoms with Crippen molar-refractivity contribution in [3.63, 3.8) is 0 Å². The smallest absolute Gasteiger partial charge is 0.196 e. The highest BCUT2D eigenvalue weighted by molar-refractivity contribution is 7.15. The van der Waals surface area contributed by atoms with Gasteiger partial charge >= 0.3 is 0 Å². The first-order chi connectivity index (χ1) is 9.40. The lowest BCUT2D eigenvalue weighted by Crippen LogP contribution is -2.20. The molecule has 1 N–H and O–H groups in total. The largest absolute Gasteiger partial charge is 0.383 e. The Labute approximate surface area is 114 Å². The van der Waals surface area contributed by atoms with Gasteiger partial charge in [-0.2, -0.15) is 10.1 Å². The summed E-state index contributed by atoms with van der Waals surface area (Å²) in [6.07, 6.45) is 5.70. The molecular formula is C12H15N5OS. The predicted molar refractivity (Wildman–Crippen MR) is 73.8 cm³/mol. The number of rotatable bonds is 6. The highest BCUT2D eigenvalue weighted by Crippen LogP contribution is 2.19. The fraction of sp³-hybridized carbons (Fsp3) is 0.333. The van der Waals surface area contributed by atoms with Crippen molar-refractivity contribution in [2.75, 3.05) is 20.3 Å². The fourth-order valence-electron chi connectivity index (χ4n) is 1.94. The summed E-state index contributed by atoms with van der Waals surface area (Å²) in [5.41, 5.74) is 1.11. The molecule has 3 rings (SSSR count). The number of ether oxygens (including phenoxy) is 1. The maximum Gasteiger partial charge on any atom is 0.196 e. The molecule has 0 amide bonds. The summed E-state index contributed by atoms with van der Waals surface area (Å²) < 4.78 is 8.93. The van der Waals surface area contributed by atoms with E-state index in [1.165, 1.54) is 0 Å². The molecule has 0 saturated heterocycles. The van der Waals surface area contributed by atoms with Gasteiger partial charge in [0.1, 0.15) is 0 Å². The molecule has 0 atom stereocenters. The summed E-state index contributed by atoms with van der Waals surface area (Å²) in [4.78, 5) is 5.61. The minimum atomic E-state index is 0.697. The Morgan fingerprint density at radius 3 is 3.16 bits per heavy atom. The van der Waals surface area contributed by atoms with E-state index >= 15 is 0 Å². The van der Waals surface area contributed by atoms with Gasteiger partial charge in [0, 0.05) is 44.2 Å². The average Bonchev–Trinajstić information content (AvgIpc) is 3.11. The molecule has 0 saturated carbocycles. The standard InChI is InChI=1S/C12H15N5OS/c1-18-7-4-13-9-10-11(17-5-2-3-14-17)15-12-16(10)6-8-19-12/h2-3,5-6,8,13H,4,7,9H2,1H3. The maximum atomic E-state index is 5.04. The summed E-state index contributed by atoms with van der Waals surface area (Å²) >= 11 is 1.62. The Morgan fingerprint density at radius 1 is 1.42 bits per heavy atom. The lowest BCUT2D eigenvalue weighted by Gasteiger charge is -2.06. The van der Waals surface area contributed by atoms with Crippen LogP contribution in [0.25, 0.3) is 10.8 Å². The van der Waals surface area contributed by atoms with E-state index in [2.05, 4.69) is 19.8 Å². The zero-order valence-corrected chi connectivity index (χ0v) is 11.4. The number of aromatic nitrogens is 4. The average molecular weight is 277 g/mol. The molecule has 0 spiro atoms. The number of nitrogens with zero attached hydrogens (tertiary/aromatic N) is 4. The molecule has 3 aromatic heterocycles. The van der Waals surface area contributed by atoms with Crippen LogP contribution in [0.2, 0.25) is 0 Å². The van der Waals surface area contributed by atoms with Crippen LogP contribution in [-0.2, 0) is 11.3 Å². The molecule has 0 aliphatic carbocycles. The van der Waals surface area contributed by atoms with Gasteiger partial charge in [0.25, 0.3) is 0 Å². The van der Waals surface area contributed by atoms with Crippen LogP contribution in [0, 0.1) is 0 Å². The monoisotopic (exact) mass is 277 g/mol. The Kier molecular flexibility index (Phi) is 3.58. The van der Waals surface area contributed by atoms with Crippen LogP contribution >= 0.6 is 11.3 Å². The van der Waals surface area contributed by atoms with Gasteiger partial charge in [0.15, 0.2) is 10.8 Å². The van der Waals surface area contributed by atoms with Crippen LogP contribution in [-0.4, -0.2) is 39.4 Å². The Bertz CT molecular complexity index is 642. The molecular weight excluding hydrogens is 262 g/mol. The molecule has 0 aliphatic rings. The molecule has 0 fully saturated rings. The zero-order chi connectivity index (χ0) is 13.1. The quantitative estimate of drug-likeness (QED) is 0.690. The highest BCUT2D eigenvalue weighted by atomic mass is 32.1. The molecule has 3 aromatic rings. The van der Waals surface area contributed by atoms with Gasteiger partial charge in [-0.3, -0.25) is 4.40 Å². The predicted octanol–water partition coefficient (Wildman–Crippen LogP) is 1.32. The van der Waals surface area contributed by atoms with Crippen molar-refractivity contribution in [2.24, 2.45) is 0 Å². The first-order valence-corrected chi connectivity index (χ1v) is 6.92. The fourth-order valence-corrected chi connectivity index (χ4v) is 2.67. The molecule has 0 aliphatic heterocycles. The SMILES string of the molecule is COCCNCc1c(-n2cccn2)nc2sccn12.